The summed E-state index contributed by atoms with van der Waals surface area (Å²) in [7, 11) is 0. The molecule has 0 saturated heterocycles. The second-order valence-electron chi connectivity index (χ2n) is 3.77. The molecule has 0 aromatic carbocycles. The number of amides is 1. The maximum Gasteiger partial charge on any atom is 0.222 e. The summed E-state index contributed by atoms with van der Waals surface area (Å²) in [4.78, 5) is 15.7. The minimum Gasteiger partial charge on any atom is -0.350 e. The van der Waals surface area contributed by atoms with Crippen molar-refractivity contribution in [3.63, 3.8) is 0 Å². The number of aryl methyl sites for hydroxylation is 1. The zero-order chi connectivity index (χ0) is 12.8. The molecule has 5 nitrogen and oxygen atoms in total. The van der Waals surface area contributed by atoms with Gasteiger partial charge in [-0.2, -0.15) is 5.10 Å². The highest BCUT2D eigenvalue weighted by molar-refractivity contribution is 6.30. The zero-order valence-corrected chi connectivity index (χ0v) is 10.5. The van der Waals surface area contributed by atoms with Gasteiger partial charge in [0.1, 0.15) is 0 Å². The maximum absolute atomic E-state index is 11.6. The van der Waals surface area contributed by atoms with Crippen LogP contribution in [0, 0.1) is 0 Å². The topological polar surface area (TPSA) is 59.8 Å². The fraction of sp³-hybridized carbons (Fsp3) is 0.250. The van der Waals surface area contributed by atoms with Gasteiger partial charge in [0, 0.05) is 25.4 Å². The predicted octanol–water partition coefficient (Wildman–Crippen LogP) is 1.64. The lowest BCUT2D eigenvalue weighted by Gasteiger charge is -2.04. The van der Waals surface area contributed by atoms with Crippen LogP contribution in [0.15, 0.2) is 36.8 Å². The summed E-state index contributed by atoms with van der Waals surface area (Å²) in [6.45, 7) is 0.959. The normalized spacial score (nSPS) is 10.3. The molecule has 94 valence electrons. The van der Waals surface area contributed by atoms with Crippen LogP contribution in [0.2, 0.25) is 5.02 Å². The highest BCUT2D eigenvalue weighted by atomic mass is 35.5. The second kappa shape index (κ2) is 6.16. The van der Waals surface area contributed by atoms with Crippen LogP contribution in [0.3, 0.4) is 0 Å². The number of aromatic nitrogens is 3. The van der Waals surface area contributed by atoms with Crippen molar-refractivity contribution >= 4 is 17.5 Å². The average molecular weight is 265 g/mol. The lowest BCUT2D eigenvalue weighted by Crippen LogP contribution is -2.24. The Bertz CT molecular complexity index is 512. The first-order chi connectivity index (χ1) is 8.74. The SMILES string of the molecule is O=C(CCn1cc(Cl)cn1)NCc1ccccn1. The van der Waals surface area contributed by atoms with E-state index in [1.165, 1.54) is 0 Å². The summed E-state index contributed by atoms with van der Waals surface area (Å²) in [5, 5.41) is 7.37. The van der Waals surface area contributed by atoms with E-state index in [4.69, 9.17) is 11.6 Å². The van der Waals surface area contributed by atoms with Crippen molar-refractivity contribution < 1.29 is 4.79 Å². The van der Waals surface area contributed by atoms with Gasteiger partial charge in [-0.15, -0.1) is 0 Å². The van der Waals surface area contributed by atoms with E-state index in [1.54, 1.807) is 23.3 Å². The molecule has 0 fully saturated rings. The van der Waals surface area contributed by atoms with E-state index in [0.29, 0.717) is 24.5 Å². The van der Waals surface area contributed by atoms with Gasteiger partial charge in [0.2, 0.25) is 5.91 Å². The molecule has 2 heterocycles. The molecule has 0 unspecified atom stereocenters. The van der Waals surface area contributed by atoms with Crippen molar-refractivity contribution in [2.75, 3.05) is 0 Å². The number of halogens is 1. The van der Waals surface area contributed by atoms with E-state index in [9.17, 15) is 4.79 Å². The fourth-order valence-corrected chi connectivity index (χ4v) is 1.61. The molecule has 1 amide bonds. The molecule has 0 saturated carbocycles. The Morgan fingerprint density at radius 1 is 1.44 bits per heavy atom. The van der Waals surface area contributed by atoms with Crippen molar-refractivity contribution in [1.29, 1.82) is 0 Å². The number of carbonyl (C=O) groups is 1. The standard InChI is InChI=1S/C12H13ClN4O/c13-10-7-16-17(9-10)6-4-12(18)15-8-11-3-1-2-5-14-11/h1-3,5,7,9H,4,6,8H2,(H,15,18). The largest absolute Gasteiger partial charge is 0.350 e. The molecule has 0 radical (unpaired) electrons. The zero-order valence-electron chi connectivity index (χ0n) is 9.71. The van der Waals surface area contributed by atoms with Crippen molar-refractivity contribution in [1.82, 2.24) is 20.1 Å². The van der Waals surface area contributed by atoms with Gasteiger partial charge in [0.25, 0.3) is 0 Å². The van der Waals surface area contributed by atoms with Crippen LogP contribution in [0.5, 0.6) is 0 Å². The highest BCUT2D eigenvalue weighted by Crippen LogP contribution is 2.04. The number of hydrogen-bond donors (Lipinski definition) is 1. The van der Waals surface area contributed by atoms with Gasteiger partial charge in [0.05, 0.1) is 23.5 Å². The molecule has 2 aromatic heterocycles. The third-order valence-electron chi connectivity index (χ3n) is 2.36. The summed E-state index contributed by atoms with van der Waals surface area (Å²) in [5.41, 5.74) is 0.841. The Labute approximate surface area is 110 Å². The number of carbonyl (C=O) groups excluding carboxylic acids is 1. The summed E-state index contributed by atoms with van der Waals surface area (Å²) in [5.74, 6) is -0.0349. The Kier molecular flexibility index (Phi) is 4.30. The molecule has 0 bridgehead atoms. The fourth-order valence-electron chi connectivity index (χ4n) is 1.46. The van der Waals surface area contributed by atoms with Gasteiger partial charge >= 0.3 is 0 Å². The van der Waals surface area contributed by atoms with Crippen molar-refractivity contribution in [3.05, 3.63) is 47.5 Å². The molecule has 0 aliphatic rings. The molecule has 1 N–H and O–H groups in total. The van der Waals surface area contributed by atoms with Crippen molar-refractivity contribution in [2.24, 2.45) is 0 Å². The number of nitrogens with one attached hydrogen (secondary N) is 1. The minimum absolute atomic E-state index is 0.0349. The van der Waals surface area contributed by atoms with Crippen molar-refractivity contribution in [2.45, 2.75) is 19.5 Å². The Hall–Kier alpha value is -1.88. The van der Waals surface area contributed by atoms with E-state index in [1.807, 2.05) is 18.2 Å². The van der Waals surface area contributed by atoms with Gasteiger partial charge < -0.3 is 5.32 Å². The molecular weight excluding hydrogens is 252 g/mol. The van der Waals surface area contributed by atoms with E-state index in [0.717, 1.165) is 5.69 Å². The van der Waals surface area contributed by atoms with Gasteiger partial charge in [-0.25, -0.2) is 0 Å². The second-order valence-corrected chi connectivity index (χ2v) is 4.21. The molecule has 2 aromatic rings. The van der Waals surface area contributed by atoms with Crippen LogP contribution in [0.1, 0.15) is 12.1 Å². The lowest BCUT2D eigenvalue weighted by molar-refractivity contribution is -0.121. The predicted molar refractivity (Wildman–Crippen MR) is 67.9 cm³/mol. The Balaban J connectivity index is 1.73. The molecule has 0 spiro atoms. The number of hydrogen-bond acceptors (Lipinski definition) is 3. The molecule has 2 rings (SSSR count). The van der Waals surface area contributed by atoms with E-state index in [-0.39, 0.29) is 5.91 Å². The summed E-state index contributed by atoms with van der Waals surface area (Å²) >= 11 is 5.72. The summed E-state index contributed by atoms with van der Waals surface area (Å²) in [6.07, 6.45) is 5.30. The van der Waals surface area contributed by atoms with Crippen LogP contribution in [0.4, 0.5) is 0 Å². The maximum atomic E-state index is 11.6. The Morgan fingerprint density at radius 3 is 3.00 bits per heavy atom. The molecule has 18 heavy (non-hydrogen) atoms. The van der Waals surface area contributed by atoms with Crippen LogP contribution in [-0.4, -0.2) is 20.7 Å². The first kappa shape index (κ1) is 12.6. The third-order valence-corrected chi connectivity index (χ3v) is 2.56. The number of nitrogens with zero attached hydrogens (tertiary/aromatic N) is 3. The molecule has 0 aliphatic heterocycles. The summed E-state index contributed by atoms with van der Waals surface area (Å²) < 4.78 is 1.64. The highest BCUT2D eigenvalue weighted by Gasteiger charge is 2.03. The van der Waals surface area contributed by atoms with Crippen LogP contribution in [-0.2, 0) is 17.9 Å². The van der Waals surface area contributed by atoms with Crippen LogP contribution < -0.4 is 5.32 Å². The smallest absolute Gasteiger partial charge is 0.222 e. The van der Waals surface area contributed by atoms with E-state index < -0.39 is 0 Å². The molecule has 0 aliphatic carbocycles. The molecule has 6 heteroatoms. The van der Waals surface area contributed by atoms with E-state index in [2.05, 4.69) is 15.4 Å². The summed E-state index contributed by atoms with van der Waals surface area (Å²) in [6, 6.07) is 5.60. The monoisotopic (exact) mass is 264 g/mol. The third kappa shape index (κ3) is 3.85. The first-order valence-corrected chi connectivity index (χ1v) is 5.96. The number of pyridine rings is 1. The average Bonchev–Trinajstić information content (AvgIpc) is 2.81. The number of rotatable bonds is 5. The van der Waals surface area contributed by atoms with Gasteiger partial charge in [-0.1, -0.05) is 17.7 Å². The first-order valence-electron chi connectivity index (χ1n) is 5.58. The minimum atomic E-state index is -0.0349. The lowest BCUT2D eigenvalue weighted by atomic mass is 10.3. The molecule has 0 atom stereocenters. The quantitative estimate of drug-likeness (QED) is 0.893. The van der Waals surface area contributed by atoms with Crippen molar-refractivity contribution in [3.8, 4) is 0 Å². The van der Waals surface area contributed by atoms with Gasteiger partial charge in [-0.05, 0) is 12.1 Å². The van der Waals surface area contributed by atoms with Crippen LogP contribution >= 0.6 is 11.6 Å². The molecular formula is C12H13ClN4O. The van der Waals surface area contributed by atoms with Crippen LogP contribution in [0.25, 0.3) is 0 Å². The van der Waals surface area contributed by atoms with E-state index >= 15 is 0 Å². The van der Waals surface area contributed by atoms with Gasteiger partial charge in [0.15, 0.2) is 0 Å². The van der Waals surface area contributed by atoms with Gasteiger partial charge in [-0.3, -0.25) is 14.5 Å². The Morgan fingerprint density at radius 2 is 2.33 bits per heavy atom.